The number of aliphatic hydroxyl groups is 1. The van der Waals surface area contributed by atoms with Crippen molar-refractivity contribution in [3.63, 3.8) is 0 Å². The summed E-state index contributed by atoms with van der Waals surface area (Å²) in [5.41, 5.74) is 0.839. The van der Waals surface area contributed by atoms with Gasteiger partial charge in [0.25, 0.3) is 5.56 Å². The van der Waals surface area contributed by atoms with Crippen LogP contribution in [0, 0.1) is 0 Å². The highest BCUT2D eigenvalue weighted by Gasteiger charge is 2.45. The van der Waals surface area contributed by atoms with Gasteiger partial charge in [-0.1, -0.05) is 19.9 Å². The first kappa shape index (κ1) is 35.6. The molecule has 3 aromatic rings. The highest BCUT2D eigenvalue weighted by atomic mass is 16.6. The topological polar surface area (TPSA) is 146 Å². The molecule has 0 fully saturated rings. The van der Waals surface area contributed by atoms with E-state index in [9.17, 15) is 24.3 Å². The fourth-order valence-corrected chi connectivity index (χ4v) is 6.00. The van der Waals surface area contributed by atoms with E-state index in [1.807, 2.05) is 19.1 Å². The standard InChI is InChI=1S/C37H45N3O9/c1-10-23-24-16-22(46-19-21(32(42)48-35(3,4)5)14-15-39(9)34(44)49-36(6,7)8)12-13-28(24)38-30-25(23)18-40-29(30)17-27-26(31(40)41)20-47-33(43)37(27,45)11-2/h12-14,16-17,45H,10-11,15,18-20H2,1-9H3/b21-14+/t37-/m0/s1. The predicted octanol–water partition coefficient (Wildman–Crippen LogP) is 5.16. The first-order valence-corrected chi connectivity index (χ1v) is 16.5. The Morgan fingerprint density at radius 2 is 1.76 bits per heavy atom. The van der Waals surface area contributed by atoms with Gasteiger partial charge in [-0.2, -0.15) is 0 Å². The van der Waals surface area contributed by atoms with Crippen LogP contribution in [0.5, 0.6) is 5.75 Å². The number of aryl methyl sites for hydroxylation is 1. The summed E-state index contributed by atoms with van der Waals surface area (Å²) in [6.45, 7) is 14.4. The molecule has 2 aliphatic heterocycles. The molecule has 0 saturated carbocycles. The number of hydrogen-bond donors (Lipinski definition) is 1. The van der Waals surface area contributed by atoms with E-state index in [4.69, 9.17) is 23.9 Å². The molecule has 1 atom stereocenters. The maximum absolute atomic E-state index is 13.7. The summed E-state index contributed by atoms with van der Waals surface area (Å²) in [5, 5.41) is 12.0. The van der Waals surface area contributed by atoms with Crippen molar-refractivity contribution in [3.8, 4) is 17.1 Å². The zero-order chi connectivity index (χ0) is 36.1. The Kier molecular flexibility index (Phi) is 9.41. The average Bonchev–Trinajstić information content (AvgIpc) is 3.38. The number of ether oxygens (including phenoxy) is 4. The van der Waals surface area contributed by atoms with Gasteiger partial charge < -0.3 is 33.5 Å². The second kappa shape index (κ2) is 13.0. The van der Waals surface area contributed by atoms with Gasteiger partial charge in [0, 0.05) is 30.1 Å². The van der Waals surface area contributed by atoms with E-state index in [0.29, 0.717) is 29.1 Å². The van der Waals surface area contributed by atoms with Crippen molar-refractivity contribution < 1.29 is 38.4 Å². The van der Waals surface area contributed by atoms with Crippen molar-refractivity contribution in [1.82, 2.24) is 14.5 Å². The number of likely N-dealkylation sites (N-methyl/N-ethyl adjacent to an activating group) is 1. The van der Waals surface area contributed by atoms with Crippen molar-refractivity contribution in [2.45, 2.75) is 98.2 Å². The Bertz CT molecular complexity index is 1930. The number of benzene rings is 1. The lowest BCUT2D eigenvalue weighted by Crippen LogP contribution is -2.44. The van der Waals surface area contributed by atoms with Crippen LogP contribution >= 0.6 is 0 Å². The molecule has 49 heavy (non-hydrogen) atoms. The third-order valence-electron chi connectivity index (χ3n) is 8.50. The first-order valence-electron chi connectivity index (χ1n) is 16.5. The van der Waals surface area contributed by atoms with E-state index in [2.05, 4.69) is 0 Å². The molecule has 0 saturated heterocycles. The fourth-order valence-electron chi connectivity index (χ4n) is 6.00. The number of hydrogen-bond acceptors (Lipinski definition) is 10. The van der Waals surface area contributed by atoms with Crippen molar-refractivity contribution in [3.05, 3.63) is 68.5 Å². The van der Waals surface area contributed by atoms with Crippen LogP contribution in [0.25, 0.3) is 22.3 Å². The van der Waals surface area contributed by atoms with E-state index < -0.39 is 34.8 Å². The minimum Gasteiger partial charge on any atom is -0.489 e. The second-order valence-electron chi connectivity index (χ2n) is 14.4. The number of pyridine rings is 2. The number of aromatic nitrogens is 2. The molecule has 1 aromatic carbocycles. The molecule has 4 heterocycles. The second-order valence-corrected chi connectivity index (χ2v) is 14.4. The molecule has 12 nitrogen and oxygen atoms in total. The SMILES string of the molecule is CCc1c2c(nc3ccc(OC/C(=C\CN(C)C(=O)OC(C)(C)C)C(=O)OC(C)(C)C)cc13)-c1cc3c(c(=O)n1C2)COC(=O)[C@]3(O)CC. The van der Waals surface area contributed by atoms with Gasteiger partial charge in [0.1, 0.15) is 30.2 Å². The highest BCUT2D eigenvalue weighted by Crippen LogP contribution is 2.40. The summed E-state index contributed by atoms with van der Waals surface area (Å²) in [6, 6.07) is 7.13. The molecule has 0 bridgehead atoms. The Morgan fingerprint density at radius 3 is 2.39 bits per heavy atom. The molecule has 262 valence electrons. The zero-order valence-corrected chi connectivity index (χ0v) is 29.7. The molecule has 1 amide bonds. The van der Waals surface area contributed by atoms with Crippen molar-refractivity contribution >= 4 is 28.9 Å². The summed E-state index contributed by atoms with van der Waals surface area (Å²) < 4.78 is 24.0. The lowest BCUT2D eigenvalue weighted by atomic mass is 9.86. The smallest absolute Gasteiger partial charge is 0.410 e. The van der Waals surface area contributed by atoms with Gasteiger partial charge in [-0.05, 0) is 84.2 Å². The fraction of sp³-hybridized carbons (Fsp3) is 0.486. The highest BCUT2D eigenvalue weighted by molar-refractivity contribution is 5.91. The van der Waals surface area contributed by atoms with E-state index in [-0.39, 0.29) is 55.0 Å². The Morgan fingerprint density at radius 1 is 1.06 bits per heavy atom. The molecule has 2 aliphatic rings. The molecule has 0 unspecified atom stereocenters. The number of carbonyl (C=O) groups excluding carboxylic acids is 3. The zero-order valence-electron chi connectivity index (χ0n) is 29.7. The maximum atomic E-state index is 13.7. The Balaban J connectivity index is 1.46. The summed E-state index contributed by atoms with van der Waals surface area (Å²) in [5.74, 6) is -0.837. The number of amides is 1. The van der Waals surface area contributed by atoms with E-state index in [0.717, 1.165) is 16.5 Å². The molecule has 0 aliphatic carbocycles. The van der Waals surface area contributed by atoms with Crippen molar-refractivity contribution in [2.75, 3.05) is 20.2 Å². The molecule has 5 rings (SSSR count). The van der Waals surface area contributed by atoms with Gasteiger partial charge in [-0.25, -0.2) is 19.4 Å². The number of cyclic esters (lactones) is 1. The van der Waals surface area contributed by atoms with Crippen molar-refractivity contribution in [2.24, 2.45) is 0 Å². The van der Waals surface area contributed by atoms with Crippen LogP contribution in [0.2, 0.25) is 0 Å². The molecular weight excluding hydrogens is 630 g/mol. The number of fused-ring (bicyclic) bond motifs is 5. The Labute approximate surface area is 285 Å². The van der Waals surface area contributed by atoms with Gasteiger partial charge in [0.2, 0.25) is 0 Å². The van der Waals surface area contributed by atoms with Gasteiger partial charge in [-0.15, -0.1) is 0 Å². The molecule has 0 radical (unpaired) electrons. The number of carbonyl (C=O) groups is 3. The summed E-state index contributed by atoms with van der Waals surface area (Å²) in [7, 11) is 1.58. The summed E-state index contributed by atoms with van der Waals surface area (Å²) in [4.78, 5) is 58.2. The van der Waals surface area contributed by atoms with Crippen LogP contribution in [0.4, 0.5) is 4.79 Å². The van der Waals surface area contributed by atoms with E-state index in [1.165, 1.54) is 4.90 Å². The number of nitrogens with zero attached hydrogens (tertiary/aromatic N) is 3. The molecule has 2 aromatic heterocycles. The lowest BCUT2D eigenvalue weighted by Gasteiger charge is -2.31. The third-order valence-corrected chi connectivity index (χ3v) is 8.50. The van der Waals surface area contributed by atoms with Gasteiger partial charge in [0.15, 0.2) is 5.60 Å². The third kappa shape index (κ3) is 7.05. The van der Waals surface area contributed by atoms with E-state index >= 15 is 0 Å². The number of rotatable bonds is 8. The lowest BCUT2D eigenvalue weighted by molar-refractivity contribution is -0.172. The van der Waals surface area contributed by atoms with E-state index in [1.54, 1.807) is 78.3 Å². The normalized spacial score (nSPS) is 17.2. The van der Waals surface area contributed by atoms with Gasteiger partial charge >= 0.3 is 18.0 Å². The Hall–Kier alpha value is -4.71. The van der Waals surface area contributed by atoms with Crippen LogP contribution in [-0.2, 0) is 49.0 Å². The molecule has 12 heteroatoms. The predicted molar refractivity (Wildman–Crippen MR) is 182 cm³/mol. The minimum atomic E-state index is -1.90. The van der Waals surface area contributed by atoms with Crippen molar-refractivity contribution in [1.29, 1.82) is 0 Å². The quantitative estimate of drug-likeness (QED) is 0.151. The monoisotopic (exact) mass is 675 g/mol. The summed E-state index contributed by atoms with van der Waals surface area (Å²) >= 11 is 0. The molecular formula is C37H45N3O9. The molecule has 1 N–H and O–H groups in total. The first-order chi connectivity index (χ1) is 22.9. The van der Waals surface area contributed by atoms with Crippen LogP contribution in [0.15, 0.2) is 40.7 Å². The van der Waals surface area contributed by atoms with Crippen LogP contribution < -0.4 is 10.3 Å². The summed E-state index contributed by atoms with van der Waals surface area (Å²) in [6.07, 6.45) is 1.77. The van der Waals surface area contributed by atoms with Gasteiger partial charge in [-0.3, -0.25) is 4.79 Å². The van der Waals surface area contributed by atoms with Crippen LogP contribution in [0.3, 0.4) is 0 Å². The largest absolute Gasteiger partial charge is 0.489 e. The maximum Gasteiger partial charge on any atom is 0.410 e. The average molecular weight is 676 g/mol. The van der Waals surface area contributed by atoms with Crippen LogP contribution in [0.1, 0.15) is 84.1 Å². The molecule has 0 spiro atoms. The van der Waals surface area contributed by atoms with Crippen LogP contribution in [-0.4, -0.2) is 69.0 Å². The number of esters is 2. The minimum absolute atomic E-state index is 0.0635. The van der Waals surface area contributed by atoms with Gasteiger partial charge in [0.05, 0.1) is 34.6 Å².